The zero-order valence-electron chi connectivity index (χ0n) is 24.0. The topological polar surface area (TPSA) is 149 Å². The van der Waals surface area contributed by atoms with Gasteiger partial charge in [-0.25, -0.2) is 16.8 Å². The Bertz CT molecular complexity index is 1730. The molecule has 2 aliphatic heterocycles. The predicted octanol–water partition coefficient (Wildman–Crippen LogP) is 2.58. The fourth-order valence-corrected chi connectivity index (χ4v) is 8.33. The molecule has 12 nitrogen and oxygen atoms in total. The smallest absolute Gasteiger partial charge is 0.308 e. The van der Waals surface area contributed by atoms with Crippen molar-refractivity contribution in [3.05, 3.63) is 83.9 Å². The first kappa shape index (κ1) is 31.6. The summed E-state index contributed by atoms with van der Waals surface area (Å²) in [6.07, 6.45) is 0.193. The summed E-state index contributed by atoms with van der Waals surface area (Å²) in [5, 5.41) is 2.57. The molecule has 0 bridgehead atoms. The average Bonchev–Trinajstić information content (AvgIpc) is 3.04. The SMILES string of the molecule is COc1cc(S(=O)(=O)N2CCOCC2)ccc1NC(=O)COC(=O)CC1c2ccccc2CCN1S(=O)(=O)c1ccccc1. The number of benzene rings is 3. The molecule has 44 heavy (non-hydrogen) atoms. The van der Waals surface area contributed by atoms with Gasteiger partial charge in [-0.3, -0.25) is 9.59 Å². The van der Waals surface area contributed by atoms with Crippen LogP contribution in [0.5, 0.6) is 5.75 Å². The normalized spacial score (nSPS) is 17.8. The van der Waals surface area contributed by atoms with Crippen molar-refractivity contribution in [1.29, 1.82) is 0 Å². The van der Waals surface area contributed by atoms with E-state index in [1.807, 2.05) is 12.1 Å². The summed E-state index contributed by atoms with van der Waals surface area (Å²) in [7, 11) is -6.36. The largest absolute Gasteiger partial charge is 0.495 e. The molecule has 5 rings (SSSR count). The van der Waals surface area contributed by atoms with Gasteiger partial charge in [-0.2, -0.15) is 8.61 Å². The van der Waals surface area contributed by atoms with Crippen LogP contribution in [0.4, 0.5) is 5.69 Å². The van der Waals surface area contributed by atoms with Crippen molar-refractivity contribution in [2.75, 3.05) is 51.9 Å². The average molecular weight is 644 g/mol. The number of carbonyl (C=O) groups excluding carboxylic acids is 2. The van der Waals surface area contributed by atoms with Gasteiger partial charge in [-0.15, -0.1) is 0 Å². The predicted molar refractivity (Wildman–Crippen MR) is 160 cm³/mol. The van der Waals surface area contributed by atoms with Crippen LogP contribution in [0.1, 0.15) is 23.6 Å². The van der Waals surface area contributed by atoms with Crippen molar-refractivity contribution in [2.45, 2.75) is 28.7 Å². The van der Waals surface area contributed by atoms with Gasteiger partial charge in [-0.05, 0) is 41.8 Å². The van der Waals surface area contributed by atoms with Crippen molar-refractivity contribution in [2.24, 2.45) is 0 Å². The monoisotopic (exact) mass is 643 g/mol. The van der Waals surface area contributed by atoms with E-state index in [0.717, 1.165) is 5.56 Å². The number of carbonyl (C=O) groups is 2. The molecule has 0 aromatic heterocycles. The van der Waals surface area contributed by atoms with Crippen LogP contribution < -0.4 is 10.1 Å². The Morgan fingerprint density at radius 3 is 2.32 bits per heavy atom. The molecule has 234 valence electrons. The fraction of sp³-hybridized carbons (Fsp3) is 0.333. The number of nitrogens with zero attached hydrogens (tertiary/aromatic N) is 2. The van der Waals surface area contributed by atoms with Crippen LogP contribution in [-0.2, 0) is 45.5 Å². The molecule has 3 aromatic rings. The summed E-state index contributed by atoms with van der Waals surface area (Å²) < 4.78 is 71.5. The number of anilines is 1. The number of ether oxygens (including phenoxy) is 3. The highest BCUT2D eigenvalue weighted by atomic mass is 32.2. The Morgan fingerprint density at radius 1 is 0.886 bits per heavy atom. The number of fused-ring (bicyclic) bond motifs is 1. The van der Waals surface area contributed by atoms with Gasteiger partial charge in [-0.1, -0.05) is 42.5 Å². The van der Waals surface area contributed by atoms with E-state index in [1.165, 1.54) is 46.1 Å². The number of sulfonamides is 2. The summed E-state index contributed by atoms with van der Waals surface area (Å²) >= 11 is 0. The van der Waals surface area contributed by atoms with Crippen molar-refractivity contribution >= 4 is 37.6 Å². The van der Waals surface area contributed by atoms with Crippen molar-refractivity contribution < 1.29 is 40.6 Å². The maximum absolute atomic E-state index is 13.5. The summed E-state index contributed by atoms with van der Waals surface area (Å²) in [4.78, 5) is 25.8. The van der Waals surface area contributed by atoms with Crippen LogP contribution >= 0.6 is 0 Å². The molecule has 0 spiro atoms. The number of hydrogen-bond donors (Lipinski definition) is 1. The van der Waals surface area contributed by atoms with E-state index >= 15 is 0 Å². The van der Waals surface area contributed by atoms with Gasteiger partial charge in [0.2, 0.25) is 20.0 Å². The summed E-state index contributed by atoms with van der Waals surface area (Å²) in [5.74, 6) is -1.33. The second-order valence-corrected chi connectivity index (χ2v) is 14.0. The third-order valence-electron chi connectivity index (χ3n) is 7.49. The molecule has 1 unspecified atom stereocenters. The number of rotatable bonds is 10. The minimum atomic E-state index is -3.92. The fourth-order valence-electron chi connectivity index (χ4n) is 5.28. The quantitative estimate of drug-likeness (QED) is 0.329. The number of amides is 1. The number of nitrogens with one attached hydrogen (secondary N) is 1. The van der Waals surface area contributed by atoms with Gasteiger partial charge in [0, 0.05) is 25.7 Å². The molecule has 1 amide bonds. The van der Waals surface area contributed by atoms with Crippen LogP contribution in [0.15, 0.2) is 82.6 Å². The molecule has 1 fully saturated rings. The molecule has 0 radical (unpaired) electrons. The highest BCUT2D eigenvalue weighted by Gasteiger charge is 2.38. The first-order chi connectivity index (χ1) is 21.1. The Balaban J connectivity index is 1.25. The van der Waals surface area contributed by atoms with Crippen molar-refractivity contribution in [3.63, 3.8) is 0 Å². The minimum absolute atomic E-state index is 0.00319. The molecule has 1 atom stereocenters. The van der Waals surface area contributed by atoms with Crippen LogP contribution in [-0.4, -0.2) is 83.9 Å². The highest BCUT2D eigenvalue weighted by molar-refractivity contribution is 7.89. The Kier molecular flexibility index (Phi) is 9.65. The lowest BCUT2D eigenvalue weighted by atomic mass is 9.92. The molecule has 0 saturated carbocycles. The van der Waals surface area contributed by atoms with Crippen molar-refractivity contribution in [3.8, 4) is 5.75 Å². The van der Waals surface area contributed by atoms with Gasteiger partial charge >= 0.3 is 5.97 Å². The molecular weight excluding hydrogens is 610 g/mol. The van der Waals surface area contributed by atoms with E-state index in [9.17, 15) is 26.4 Å². The third kappa shape index (κ3) is 6.79. The summed E-state index contributed by atoms with van der Waals surface area (Å²) in [6, 6.07) is 18.6. The second-order valence-electron chi connectivity index (χ2n) is 10.2. The first-order valence-electron chi connectivity index (χ1n) is 14.0. The Labute approximate surface area is 256 Å². The number of morpholine rings is 1. The van der Waals surface area contributed by atoms with E-state index in [4.69, 9.17) is 14.2 Å². The molecule has 1 saturated heterocycles. The molecule has 3 aromatic carbocycles. The molecule has 14 heteroatoms. The van der Waals surface area contributed by atoms with Crippen LogP contribution in [0.2, 0.25) is 0 Å². The lowest BCUT2D eigenvalue weighted by Gasteiger charge is -2.36. The maximum atomic E-state index is 13.5. The lowest BCUT2D eigenvalue weighted by molar-refractivity contribution is -0.148. The zero-order valence-corrected chi connectivity index (χ0v) is 25.7. The van der Waals surface area contributed by atoms with E-state index in [-0.39, 0.29) is 47.3 Å². The number of hydrogen-bond acceptors (Lipinski definition) is 9. The van der Waals surface area contributed by atoms with Gasteiger partial charge in [0.25, 0.3) is 5.91 Å². The second kappa shape index (κ2) is 13.4. The van der Waals surface area contributed by atoms with Gasteiger partial charge in [0.1, 0.15) is 5.75 Å². The van der Waals surface area contributed by atoms with Crippen LogP contribution in [0.3, 0.4) is 0 Å². The van der Waals surface area contributed by atoms with E-state index in [0.29, 0.717) is 25.2 Å². The molecule has 2 aliphatic rings. The number of methoxy groups -OCH3 is 1. The maximum Gasteiger partial charge on any atom is 0.308 e. The first-order valence-corrected chi connectivity index (χ1v) is 16.9. The lowest BCUT2D eigenvalue weighted by Crippen LogP contribution is -2.41. The molecule has 2 heterocycles. The summed E-state index contributed by atoms with van der Waals surface area (Å²) in [5.41, 5.74) is 1.83. The zero-order chi connectivity index (χ0) is 31.3. The molecular formula is C30H33N3O9S2. The van der Waals surface area contributed by atoms with Crippen LogP contribution in [0.25, 0.3) is 0 Å². The Morgan fingerprint density at radius 2 is 1.59 bits per heavy atom. The Hall–Kier alpha value is -3.82. The standard InChI is InChI=1S/C30H33N3O9S2/c1-40-28-19-24(43(36,37)32-15-17-41-18-16-32)11-12-26(28)31-29(34)21-42-30(35)20-27-25-10-6-5-7-22(25)13-14-33(27)44(38,39)23-8-3-2-4-9-23/h2-12,19,27H,13-18,20-21H2,1H3,(H,31,34). The molecule has 1 N–H and O–H groups in total. The van der Waals surface area contributed by atoms with Gasteiger partial charge < -0.3 is 19.5 Å². The van der Waals surface area contributed by atoms with Crippen molar-refractivity contribution in [1.82, 2.24) is 8.61 Å². The van der Waals surface area contributed by atoms with Gasteiger partial charge in [0.15, 0.2) is 6.61 Å². The van der Waals surface area contributed by atoms with E-state index < -0.39 is 44.6 Å². The minimum Gasteiger partial charge on any atom is -0.495 e. The van der Waals surface area contributed by atoms with Gasteiger partial charge in [0.05, 0.1) is 48.3 Å². The van der Waals surface area contributed by atoms with E-state index in [1.54, 1.807) is 30.3 Å². The molecule has 0 aliphatic carbocycles. The summed E-state index contributed by atoms with van der Waals surface area (Å²) in [6.45, 7) is 0.613. The highest BCUT2D eigenvalue weighted by Crippen LogP contribution is 2.36. The van der Waals surface area contributed by atoms with Crippen LogP contribution in [0, 0.1) is 0 Å². The van der Waals surface area contributed by atoms with E-state index in [2.05, 4.69) is 5.32 Å². The number of esters is 1. The third-order valence-corrected chi connectivity index (χ3v) is 11.3.